The Hall–Kier alpha value is -3.15. The first-order valence-corrected chi connectivity index (χ1v) is 10.4. The van der Waals surface area contributed by atoms with Gasteiger partial charge in [-0.1, -0.05) is 59.1 Å². The third kappa shape index (κ3) is 4.63. The van der Waals surface area contributed by atoms with Crippen LogP contribution in [0.4, 0.5) is 11.4 Å². The van der Waals surface area contributed by atoms with Crippen LogP contribution in [0.1, 0.15) is 16.7 Å². The van der Waals surface area contributed by atoms with E-state index in [0.29, 0.717) is 38.3 Å². The van der Waals surface area contributed by atoms with E-state index in [1.165, 1.54) is 4.90 Å². The van der Waals surface area contributed by atoms with Gasteiger partial charge in [-0.05, 0) is 43.3 Å². The fourth-order valence-corrected chi connectivity index (χ4v) is 3.82. The summed E-state index contributed by atoms with van der Waals surface area (Å²) < 4.78 is 0. The molecule has 7 heteroatoms. The third-order valence-electron chi connectivity index (χ3n) is 4.94. The minimum absolute atomic E-state index is 0.106. The maximum atomic E-state index is 12.9. The molecule has 3 aromatic rings. The van der Waals surface area contributed by atoms with Crippen LogP contribution in [0.3, 0.4) is 0 Å². The third-order valence-corrected chi connectivity index (χ3v) is 5.51. The van der Waals surface area contributed by atoms with Gasteiger partial charge in [0, 0.05) is 26.9 Å². The number of nitrogens with zero attached hydrogens (tertiary/aromatic N) is 2. The molecule has 1 aliphatic rings. The number of benzodiazepines with no additional fused rings is 1. The molecule has 3 aromatic carbocycles. The molecule has 0 saturated heterocycles. The second-order valence-corrected chi connectivity index (χ2v) is 8.04. The van der Waals surface area contributed by atoms with Gasteiger partial charge in [-0.3, -0.25) is 14.6 Å². The molecule has 156 valence electrons. The quantitative estimate of drug-likeness (QED) is 0.597. The van der Waals surface area contributed by atoms with Gasteiger partial charge in [-0.2, -0.15) is 0 Å². The standard InChI is InChI=1S/C24H19Cl2N3O2/c1-15-6-9-17(10-7-15)28-22(30)14-29-21-11-8-16(25)12-19(21)24(27-13-23(29)31)18-4-2-3-5-20(18)26/h2-12H,13-14H2,1H3,(H,28,30). The van der Waals surface area contributed by atoms with Crippen LogP contribution in [0.15, 0.2) is 71.7 Å². The molecule has 4 rings (SSSR count). The summed E-state index contributed by atoms with van der Waals surface area (Å²) in [7, 11) is 0. The van der Waals surface area contributed by atoms with Gasteiger partial charge in [-0.25, -0.2) is 0 Å². The van der Waals surface area contributed by atoms with Crippen LogP contribution in [0.25, 0.3) is 0 Å². The summed E-state index contributed by atoms with van der Waals surface area (Å²) in [5.74, 6) is -0.594. The van der Waals surface area contributed by atoms with Gasteiger partial charge < -0.3 is 10.2 Å². The predicted molar refractivity (Wildman–Crippen MR) is 126 cm³/mol. The molecule has 1 N–H and O–H groups in total. The lowest BCUT2D eigenvalue weighted by Crippen LogP contribution is -2.39. The molecule has 0 spiro atoms. The van der Waals surface area contributed by atoms with Crippen LogP contribution in [0, 0.1) is 6.92 Å². The highest BCUT2D eigenvalue weighted by Crippen LogP contribution is 2.31. The molecular formula is C24H19Cl2N3O2. The molecule has 5 nitrogen and oxygen atoms in total. The number of nitrogens with one attached hydrogen (secondary N) is 1. The maximum Gasteiger partial charge on any atom is 0.249 e. The SMILES string of the molecule is Cc1ccc(NC(=O)CN2C(=O)CN=C(c3ccccc3Cl)c3cc(Cl)ccc32)cc1. The van der Waals surface area contributed by atoms with Gasteiger partial charge in [0.2, 0.25) is 11.8 Å². The number of amides is 2. The van der Waals surface area contributed by atoms with E-state index in [4.69, 9.17) is 23.2 Å². The Morgan fingerprint density at radius 2 is 1.77 bits per heavy atom. The topological polar surface area (TPSA) is 61.8 Å². The Kier molecular flexibility index (Phi) is 6.07. The van der Waals surface area contributed by atoms with E-state index < -0.39 is 0 Å². The van der Waals surface area contributed by atoms with Crippen molar-refractivity contribution in [3.63, 3.8) is 0 Å². The van der Waals surface area contributed by atoms with E-state index >= 15 is 0 Å². The van der Waals surface area contributed by atoms with Crippen LogP contribution in [-0.2, 0) is 9.59 Å². The molecule has 2 amide bonds. The van der Waals surface area contributed by atoms with Crippen LogP contribution < -0.4 is 10.2 Å². The molecule has 0 fully saturated rings. The van der Waals surface area contributed by atoms with Crippen molar-refractivity contribution in [3.05, 3.63) is 93.5 Å². The first-order valence-electron chi connectivity index (χ1n) is 9.68. The number of carbonyl (C=O) groups is 2. The van der Waals surface area contributed by atoms with Crippen molar-refractivity contribution in [2.45, 2.75) is 6.92 Å². The van der Waals surface area contributed by atoms with Crippen LogP contribution >= 0.6 is 23.2 Å². The zero-order chi connectivity index (χ0) is 22.0. The van der Waals surface area contributed by atoms with Crippen molar-refractivity contribution in [2.75, 3.05) is 23.3 Å². The summed E-state index contributed by atoms with van der Waals surface area (Å²) in [6.07, 6.45) is 0. The number of anilines is 2. The van der Waals surface area contributed by atoms with E-state index in [0.717, 1.165) is 5.56 Å². The van der Waals surface area contributed by atoms with Gasteiger partial charge in [0.15, 0.2) is 0 Å². The molecule has 0 saturated carbocycles. The first kappa shape index (κ1) is 21.1. The van der Waals surface area contributed by atoms with E-state index in [-0.39, 0.29) is 24.9 Å². The zero-order valence-electron chi connectivity index (χ0n) is 16.7. The minimum atomic E-state index is -0.306. The Morgan fingerprint density at radius 1 is 1.03 bits per heavy atom. The number of fused-ring (bicyclic) bond motifs is 1. The molecule has 0 aromatic heterocycles. The Balaban J connectivity index is 1.68. The molecule has 0 aliphatic carbocycles. The van der Waals surface area contributed by atoms with Crippen molar-refractivity contribution in [1.29, 1.82) is 0 Å². The number of benzene rings is 3. The summed E-state index contributed by atoms with van der Waals surface area (Å²) in [6, 6.07) is 19.9. The maximum absolute atomic E-state index is 12.9. The lowest BCUT2D eigenvalue weighted by Gasteiger charge is -2.23. The van der Waals surface area contributed by atoms with Gasteiger partial charge in [0.25, 0.3) is 0 Å². The highest BCUT2D eigenvalue weighted by molar-refractivity contribution is 6.37. The molecule has 0 unspecified atom stereocenters. The van der Waals surface area contributed by atoms with E-state index in [9.17, 15) is 9.59 Å². The van der Waals surface area contributed by atoms with Gasteiger partial charge in [0.05, 0.1) is 11.4 Å². The fraction of sp³-hybridized carbons (Fsp3) is 0.125. The summed E-state index contributed by atoms with van der Waals surface area (Å²) in [6.45, 7) is 1.72. The summed E-state index contributed by atoms with van der Waals surface area (Å²) in [5, 5.41) is 3.85. The molecule has 0 radical (unpaired) electrons. The molecular weight excluding hydrogens is 433 g/mol. The molecule has 0 bridgehead atoms. The van der Waals surface area contributed by atoms with Crippen molar-refractivity contribution in [3.8, 4) is 0 Å². The Bertz CT molecular complexity index is 1190. The second-order valence-electron chi connectivity index (χ2n) is 7.20. The summed E-state index contributed by atoms with van der Waals surface area (Å²) in [5.41, 5.74) is 4.24. The highest BCUT2D eigenvalue weighted by atomic mass is 35.5. The van der Waals surface area contributed by atoms with Crippen molar-refractivity contribution < 1.29 is 9.59 Å². The number of hydrogen-bond donors (Lipinski definition) is 1. The van der Waals surface area contributed by atoms with Crippen LogP contribution in [0.5, 0.6) is 0 Å². The van der Waals surface area contributed by atoms with Crippen LogP contribution in [-0.4, -0.2) is 30.6 Å². The smallest absolute Gasteiger partial charge is 0.249 e. The van der Waals surface area contributed by atoms with Gasteiger partial charge in [-0.15, -0.1) is 0 Å². The number of rotatable bonds is 4. The average molecular weight is 452 g/mol. The number of hydrogen-bond acceptors (Lipinski definition) is 3. The van der Waals surface area contributed by atoms with Crippen molar-refractivity contribution >= 4 is 52.1 Å². The minimum Gasteiger partial charge on any atom is -0.325 e. The van der Waals surface area contributed by atoms with E-state index in [1.54, 1.807) is 24.3 Å². The monoisotopic (exact) mass is 451 g/mol. The Labute approximate surface area is 190 Å². The van der Waals surface area contributed by atoms with E-state index in [2.05, 4.69) is 10.3 Å². The molecule has 1 heterocycles. The second kappa shape index (κ2) is 8.92. The lowest BCUT2D eigenvalue weighted by atomic mass is 10.00. The largest absolute Gasteiger partial charge is 0.325 e. The van der Waals surface area contributed by atoms with Crippen LogP contribution in [0.2, 0.25) is 10.0 Å². The highest BCUT2D eigenvalue weighted by Gasteiger charge is 2.27. The Morgan fingerprint density at radius 3 is 2.52 bits per heavy atom. The van der Waals surface area contributed by atoms with Gasteiger partial charge in [0.1, 0.15) is 13.1 Å². The molecule has 1 aliphatic heterocycles. The average Bonchev–Trinajstić information content (AvgIpc) is 2.87. The number of aryl methyl sites for hydroxylation is 1. The summed E-state index contributed by atoms with van der Waals surface area (Å²) in [4.78, 5) is 31.6. The van der Waals surface area contributed by atoms with Crippen molar-refractivity contribution in [2.24, 2.45) is 4.99 Å². The normalized spacial score (nSPS) is 13.3. The number of carbonyl (C=O) groups excluding carboxylic acids is 2. The van der Waals surface area contributed by atoms with Gasteiger partial charge >= 0.3 is 0 Å². The number of halogens is 2. The molecule has 31 heavy (non-hydrogen) atoms. The molecule has 0 atom stereocenters. The fourth-order valence-electron chi connectivity index (χ4n) is 3.42. The summed E-state index contributed by atoms with van der Waals surface area (Å²) >= 11 is 12.7. The van der Waals surface area contributed by atoms with E-state index in [1.807, 2.05) is 49.4 Å². The predicted octanol–water partition coefficient (Wildman–Crippen LogP) is 5.12. The first-order chi connectivity index (χ1) is 14.9. The van der Waals surface area contributed by atoms with Crippen molar-refractivity contribution in [1.82, 2.24) is 0 Å². The number of aliphatic imine (C=N–C) groups is 1. The lowest BCUT2D eigenvalue weighted by molar-refractivity contribution is -0.120. The zero-order valence-corrected chi connectivity index (χ0v) is 18.2.